The van der Waals surface area contributed by atoms with Crippen molar-refractivity contribution in [2.75, 3.05) is 52.7 Å². The van der Waals surface area contributed by atoms with Crippen LogP contribution in [0.4, 0.5) is 0 Å². The predicted molar refractivity (Wildman–Crippen MR) is 89.1 cm³/mol. The smallest absolute Gasteiger partial charge is 0.115 e. The Morgan fingerprint density at radius 1 is 1.25 bits per heavy atom. The van der Waals surface area contributed by atoms with E-state index in [-0.39, 0.29) is 0 Å². The molecule has 1 aromatic carbocycles. The number of ether oxygens (including phenoxy) is 1. The molecule has 1 unspecified atom stereocenters. The van der Waals surface area contributed by atoms with Crippen LogP contribution >= 0.6 is 0 Å². The highest BCUT2D eigenvalue weighted by Gasteiger charge is 2.22. The van der Waals surface area contributed by atoms with Gasteiger partial charge in [-0.3, -0.25) is 0 Å². The maximum atomic E-state index is 5.51. The standard InChI is InChI=1S/C16H26N2OSi/c1-4-15-7-5-6-8-16(15)20(14-19-3)13-18-11-9-17(2)10-12-18/h4-8,20H,1,9-14H2,2-3H3. The van der Waals surface area contributed by atoms with Crippen LogP contribution < -0.4 is 5.19 Å². The summed E-state index contributed by atoms with van der Waals surface area (Å²) < 4.78 is 5.51. The van der Waals surface area contributed by atoms with Crippen LogP contribution in [0.25, 0.3) is 6.08 Å². The summed E-state index contributed by atoms with van der Waals surface area (Å²) in [5.74, 6) is 0. The van der Waals surface area contributed by atoms with Crippen molar-refractivity contribution < 1.29 is 4.74 Å². The van der Waals surface area contributed by atoms with E-state index in [9.17, 15) is 0 Å². The van der Waals surface area contributed by atoms with Gasteiger partial charge in [-0.15, -0.1) is 0 Å². The van der Waals surface area contributed by atoms with Crippen molar-refractivity contribution in [3.63, 3.8) is 0 Å². The van der Waals surface area contributed by atoms with Crippen molar-refractivity contribution in [3.8, 4) is 0 Å². The summed E-state index contributed by atoms with van der Waals surface area (Å²) >= 11 is 0. The molecule has 1 aliphatic heterocycles. The van der Waals surface area contributed by atoms with Crippen LogP contribution in [-0.2, 0) is 4.74 Å². The van der Waals surface area contributed by atoms with Gasteiger partial charge in [-0.2, -0.15) is 0 Å². The summed E-state index contributed by atoms with van der Waals surface area (Å²) in [5, 5.41) is 1.49. The quantitative estimate of drug-likeness (QED) is 0.719. The minimum atomic E-state index is -1.13. The molecule has 1 fully saturated rings. The second-order valence-corrected chi connectivity index (χ2v) is 8.30. The minimum absolute atomic E-state index is 0.900. The lowest BCUT2D eigenvalue weighted by Gasteiger charge is -2.34. The molecule has 3 nitrogen and oxygen atoms in total. The molecule has 4 heteroatoms. The first kappa shape index (κ1) is 15.4. The van der Waals surface area contributed by atoms with Gasteiger partial charge < -0.3 is 14.5 Å². The van der Waals surface area contributed by atoms with E-state index in [1.54, 1.807) is 0 Å². The monoisotopic (exact) mass is 290 g/mol. The summed E-state index contributed by atoms with van der Waals surface area (Å²) in [6, 6.07) is 8.67. The molecule has 0 spiro atoms. The summed E-state index contributed by atoms with van der Waals surface area (Å²) in [4.78, 5) is 5.01. The molecule has 0 amide bonds. The number of methoxy groups -OCH3 is 1. The number of likely N-dealkylation sites (N-methyl/N-ethyl adjacent to an activating group) is 1. The Kier molecular flexibility index (Phi) is 5.98. The van der Waals surface area contributed by atoms with Gasteiger partial charge in [-0.1, -0.05) is 42.1 Å². The van der Waals surface area contributed by atoms with E-state index < -0.39 is 8.80 Å². The fraction of sp³-hybridized carbons (Fsp3) is 0.500. The molecule has 0 bridgehead atoms. The predicted octanol–water partition coefficient (Wildman–Crippen LogP) is 0.736. The lowest BCUT2D eigenvalue weighted by atomic mass is 10.2. The van der Waals surface area contributed by atoms with Gasteiger partial charge in [0, 0.05) is 39.5 Å². The van der Waals surface area contributed by atoms with E-state index in [1.165, 1.54) is 43.1 Å². The Morgan fingerprint density at radius 2 is 1.95 bits per heavy atom. The van der Waals surface area contributed by atoms with Crippen molar-refractivity contribution >= 4 is 20.1 Å². The van der Waals surface area contributed by atoms with Gasteiger partial charge in [0.1, 0.15) is 8.80 Å². The highest BCUT2D eigenvalue weighted by atomic mass is 28.3. The largest absolute Gasteiger partial charge is 0.388 e. The molecular formula is C16H26N2OSi. The number of rotatable bonds is 6. The molecule has 1 aromatic rings. The van der Waals surface area contributed by atoms with Crippen LogP contribution in [0, 0.1) is 0 Å². The van der Waals surface area contributed by atoms with Crippen LogP contribution in [0.2, 0.25) is 0 Å². The summed E-state index contributed by atoms with van der Waals surface area (Å²) in [5.41, 5.74) is 1.29. The number of benzene rings is 1. The third-order valence-corrected chi connectivity index (χ3v) is 7.20. The van der Waals surface area contributed by atoms with Gasteiger partial charge in [0.25, 0.3) is 0 Å². The molecule has 1 heterocycles. The van der Waals surface area contributed by atoms with Crippen molar-refractivity contribution in [1.82, 2.24) is 9.80 Å². The Balaban J connectivity index is 2.08. The van der Waals surface area contributed by atoms with Gasteiger partial charge in [-0.05, 0) is 18.8 Å². The number of hydrogen-bond donors (Lipinski definition) is 0. The Labute approximate surface area is 124 Å². The van der Waals surface area contributed by atoms with E-state index in [4.69, 9.17) is 4.74 Å². The van der Waals surface area contributed by atoms with Crippen LogP contribution in [-0.4, -0.2) is 71.3 Å². The van der Waals surface area contributed by atoms with Crippen LogP contribution in [0.1, 0.15) is 5.56 Å². The van der Waals surface area contributed by atoms with Gasteiger partial charge >= 0.3 is 0 Å². The van der Waals surface area contributed by atoms with Crippen molar-refractivity contribution in [1.29, 1.82) is 0 Å². The number of piperazine rings is 1. The molecule has 2 rings (SSSR count). The zero-order valence-electron chi connectivity index (χ0n) is 12.7. The highest BCUT2D eigenvalue weighted by molar-refractivity contribution is 6.74. The molecule has 0 N–H and O–H groups in total. The molecule has 0 radical (unpaired) electrons. The van der Waals surface area contributed by atoms with Gasteiger partial charge in [-0.25, -0.2) is 0 Å². The van der Waals surface area contributed by atoms with Crippen molar-refractivity contribution in [2.24, 2.45) is 0 Å². The maximum Gasteiger partial charge on any atom is 0.115 e. The molecular weight excluding hydrogens is 264 g/mol. The molecule has 1 saturated heterocycles. The Hall–Kier alpha value is -0.943. The molecule has 0 aromatic heterocycles. The van der Waals surface area contributed by atoms with E-state index in [0.29, 0.717) is 0 Å². The normalized spacial score (nSPS) is 18.9. The zero-order valence-corrected chi connectivity index (χ0v) is 13.9. The van der Waals surface area contributed by atoms with Gasteiger partial charge in [0.2, 0.25) is 0 Å². The Morgan fingerprint density at radius 3 is 2.60 bits per heavy atom. The third kappa shape index (κ3) is 4.02. The summed E-state index contributed by atoms with van der Waals surface area (Å²) in [6.45, 7) is 8.67. The molecule has 20 heavy (non-hydrogen) atoms. The second kappa shape index (κ2) is 7.74. The SMILES string of the molecule is C=Cc1ccccc1[SiH](COC)CN1CCN(C)CC1. The van der Waals surface area contributed by atoms with E-state index in [0.717, 1.165) is 6.23 Å². The van der Waals surface area contributed by atoms with E-state index in [1.807, 2.05) is 13.2 Å². The molecule has 1 atom stereocenters. The lowest BCUT2D eigenvalue weighted by molar-refractivity contribution is 0.169. The fourth-order valence-electron chi connectivity index (χ4n) is 2.85. The second-order valence-electron chi connectivity index (χ2n) is 5.59. The van der Waals surface area contributed by atoms with Crippen LogP contribution in [0.15, 0.2) is 30.8 Å². The van der Waals surface area contributed by atoms with Crippen molar-refractivity contribution in [3.05, 3.63) is 36.4 Å². The van der Waals surface area contributed by atoms with Crippen LogP contribution in [0.3, 0.4) is 0 Å². The Bertz CT molecular complexity index is 430. The molecule has 0 aliphatic carbocycles. The average Bonchev–Trinajstić information content (AvgIpc) is 2.49. The van der Waals surface area contributed by atoms with Crippen LogP contribution in [0.5, 0.6) is 0 Å². The topological polar surface area (TPSA) is 15.7 Å². The molecule has 110 valence electrons. The number of hydrogen-bond acceptors (Lipinski definition) is 3. The maximum absolute atomic E-state index is 5.51. The first-order valence-electron chi connectivity index (χ1n) is 7.35. The average molecular weight is 290 g/mol. The number of nitrogens with zero attached hydrogens (tertiary/aromatic N) is 2. The fourth-order valence-corrected chi connectivity index (χ4v) is 5.79. The first-order chi connectivity index (χ1) is 9.74. The summed E-state index contributed by atoms with van der Waals surface area (Å²) in [7, 11) is 2.89. The van der Waals surface area contributed by atoms with Gasteiger partial charge in [0.05, 0.1) is 0 Å². The molecule has 0 saturated carbocycles. The highest BCUT2D eigenvalue weighted by Crippen LogP contribution is 2.05. The lowest BCUT2D eigenvalue weighted by Crippen LogP contribution is -2.52. The first-order valence-corrected chi connectivity index (χ1v) is 9.57. The van der Waals surface area contributed by atoms with E-state index >= 15 is 0 Å². The van der Waals surface area contributed by atoms with E-state index in [2.05, 4.69) is 47.7 Å². The molecule has 1 aliphatic rings. The summed E-state index contributed by atoms with van der Waals surface area (Å²) in [6.07, 6.45) is 4.08. The zero-order chi connectivity index (χ0) is 14.4. The van der Waals surface area contributed by atoms with Crippen molar-refractivity contribution in [2.45, 2.75) is 0 Å². The minimum Gasteiger partial charge on any atom is -0.388 e. The van der Waals surface area contributed by atoms with Gasteiger partial charge in [0.15, 0.2) is 0 Å². The third-order valence-electron chi connectivity index (χ3n) is 4.10.